The van der Waals surface area contributed by atoms with Crippen LogP contribution in [0.15, 0.2) is 65.3 Å². The maximum Gasteiger partial charge on any atom is 0.150 e. The number of rotatable bonds is 7. The molecule has 1 aliphatic heterocycles. The van der Waals surface area contributed by atoms with E-state index in [1.54, 1.807) is 0 Å². The molecule has 1 heterocycles. The molecule has 0 radical (unpaired) electrons. The molecule has 2 atom stereocenters. The maximum absolute atomic E-state index is 9.14. The zero-order valence-corrected chi connectivity index (χ0v) is 18.5. The van der Waals surface area contributed by atoms with E-state index < -0.39 is 0 Å². The van der Waals surface area contributed by atoms with Gasteiger partial charge in [0.05, 0.1) is 12.7 Å². The molecule has 3 aliphatic rings. The SMILES string of the molecule is CC(C)OC1=CC=C(C2CC=C(c3cccc4c3CCC4NCCO)S2)C=C=C1N. The number of nitrogens with two attached hydrogens (primary N) is 1. The first-order chi connectivity index (χ1) is 14.6. The Balaban J connectivity index is 1.51. The Morgan fingerprint density at radius 3 is 3.00 bits per heavy atom. The van der Waals surface area contributed by atoms with Crippen molar-refractivity contribution in [2.45, 2.75) is 50.5 Å². The summed E-state index contributed by atoms with van der Waals surface area (Å²) < 4.78 is 5.80. The molecule has 2 aliphatic carbocycles. The molecular weight excluding hydrogens is 392 g/mol. The summed E-state index contributed by atoms with van der Waals surface area (Å²) in [5, 5.41) is 13.0. The largest absolute Gasteiger partial charge is 0.488 e. The highest BCUT2D eigenvalue weighted by Crippen LogP contribution is 2.46. The van der Waals surface area contributed by atoms with Crippen molar-refractivity contribution in [3.05, 3.63) is 82.0 Å². The van der Waals surface area contributed by atoms with Crippen molar-refractivity contribution in [1.82, 2.24) is 5.32 Å². The molecule has 0 saturated carbocycles. The third-order valence-electron chi connectivity index (χ3n) is 5.65. The molecule has 4 rings (SSSR count). The van der Waals surface area contributed by atoms with Crippen LogP contribution in [0.3, 0.4) is 0 Å². The average molecular weight is 423 g/mol. The van der Waals surface area contributed by atoms with E-state index in [9.17, 15) is 0 Å². The monoisotopic (exact) mass is 422 g/mol. The van der Waals surface area contributed by atoms with Crippen molar-refractivity contribution in [3.63, 3.8) is 0 Å². The van der Waals surface area contributed by atoms with E-state index in [1.165, 1.54) is 27.2 Å². The lowest BCUT2D eigenvalue weighted by Crippen LogP contribution is -2.22. The molecule has 0 saturated heterocycles. The molecule has 4 nitrogen and oxygen atoms in total. The van der Waals surface area contributed by atoms with Crippen molar-refractivity contribution in [3.8, 4) is 0 Å². The normalized spacial score (nSPS) is 22.9. The Morgan fingerprint density at radius 1 is 1.33 bits per heavy atom. The maximum atomic E-state index is 9.14. The van der Waals surface area contributed by atoms with Gasteiger partial charge in [0.1, 0.15) is 5.70 Å². The van der Waals surface area contributed by atoms with Crippen LogP contribution >= 0.6 is 11.8 Å². The number of allylic oxidation sites excluding steroid dienone is 3. The Labute approximate surface area is 183 Å². The van der Waals surface area contributed by atoms with Crippen LogP contribution in [0.4, 0.5) is 0 Å². The second-order valence-electron chi connectivity index (χ2n) is 8.12. The second-order valence-corrected chi connectivity index (χ2v) is 9.36. The van der Waals surface area contributed by atoms with Crippen molar-refractivity contribution >= 4 is 16.7 Å². The molecule has 1 aromatic carbocycles. The lowest BCUT2D eigenvalue weighted by atomic mass is 10.0. The van der Waals surface area contributed by atoms with E-state index in [0.717, 1.165) is 19.3 Å². The van der Waals surface area contributed by atoms with Gasteiger partial charge in [-0.2, -0.15) is 0 Å². The number of fused-ring (bicyclic) bond motifs is 1. The van der Waals surface area contributed by atoms with Gasteiger partial charge in [0, 0.05) is 22.7 Å². The fourth-order valence-corrected chi connectivity index (χ4v) is 5.57. The Bertz CT molecular complexity index is 967. The average Bonchev–Trinajstić information content (AvgIpc) is 3.34. The highest BCUT2D eigenvalue weighted by molar-refractivity contribution is 8.09. The second kappa shape index (κ2) is 9.32. The predicted octanol–water partition coefficient (Wildman–Crippen LogP) is 4.35. The van der Waals surface area contributed by atoms with Crippen molar-refractivity contribution < 1.29 is 9.84 Å². The number of aliphatic hydroxyl groups is 1. The van der Waals surface area contributed by atoms with Gasteiger partial charge in [-0.15, -0.1) is 11.8 Å². The molecular formula is C25H30N2O2S. The fraction of sp³-hybridized carbons (Fsp3) is 0.400. The molecule has 30 heavy (non-hydrogen) atoms. The summed E-state index contributed by atoms with van der Waals surface area (Å²) in [5.41, 5.74) is 15.3. The summed E-state index contributed by atoms with van der Waals surface area (Å²) >= 11 is 1.92. The molecule has 0 spiro atoms. The van der Waals surface area contributed by atoms with E-state index in [4.69, 9.17) is 15.6 Å². The van der Waals surface area contributed by atoms with Crippen molar-refractivity contribution in [2.24, 2.45) is 5.73 Å². The van der Waals surface area contributed by atoms with E-state index in [-0.39, 0.29) is 12.7 Å². The summed E-state index contributed by atoms with van der Waals surface area (Å²) in [5.74, 6) is 0.690. The summed E-state index contributed by atoms with van der Waals surface area (Å²) in [7, 11) is 0. The van der Waals surface area contributed by atoms with Gasteiger partial charge in [-0.3, -0.25) is 0 Å². The van der Waals surface area contributed by atoms with Gasteiger partial charge in [0.15, 0.2) is 5.76 Å². The molecule has 1 aromatic rings. The molecule has 0 amide bonds. The van der Waals surface area contributed by atoms with Gasteiger partial charge in [-0.1, -0.05) is 36.1 Å². The molecule has 158 valence electrons. The van der Waals surface area contributed by atoms with Crippen LogP contribution in [0.1, 0.15) is 49.4 Å². The Morgan fingerprint density at radius 2 is 2.20 bits per heavy atom. The zero-order chi connectivity index (χ0) is 21.1. The van der Waals surface area contributed by atoms with E-state index in [2.05, 4.69) is 41.4 Å². The van der Waals surface area contributed by atoms with Crippen molar-refractivity contribution in [1.29, 1.82) is 0 Å². The molecule has 0 aromatic heterocycles. The highest BCUT2D eigenvalue weighted by atomic mass is 32.2. The third kappa shape index (κ3) is 4.45. The topological polar surface area (TPSA) is 67.5 Å². The summed E-state index contributed by atoms with van der Waals surface area (Å²) in [6.07, 6.45) is 11.7. The third-order valence-corrected chi connectivity index (χ3v) is 7.04. The smallest absolute Gasteiger partial charge is 0.150 e. The summed E-state index contributed by atoms with van der Waals surface area (Å²) in [6, 6.07) is 6.98. The van der Waals surface area contributed by atoms with Gasteiger partial charge in [0.2, 0.25) is 0 Å². The van der Waals surface area contributed by atoms with Gasteiger partial charge < -0.3 is 20.9 Å². The van der Waals surface area contributed by atoms with E-state index in [0.29, 0.717) is 29.3 Å². The van der Waals surface area contributed by atoms with Gasteiger partial charge in [-0.05, 0) is 67.5 Å². The molecule has 2 unspecified atom stereocenters. The molecule has 0 fully saturated rings. The first-order valence-corrected chi connectivity index (χ1v) is 11.6. The minimum atomic E-state index is 0.0801. The van der Waals surface area contributed by atoms with Crippen molar-refractivity contribution in [2.75, 3.05) is 13.2 Å². The molecule has 0 bridgehead atoms. The highest BCUT2D eigenvalue weighted by Gasteiger charge is 2.28. The Kier molecular flexibility index (Phi) is 6.55. The fourth-order valence-electron chi connectivity index (χ4n) is 4.28. The quantitative estimate of drug-likeness (QED) is 0.570. The van der Waals surface area contributed by atoms with Crippen LogP contribution in [0.2, 0.25) is 0 Å². The van der Waals surface area contributed by atoms with Gasteiger partial charge in [0.25, 0.3) is 0 Å². The minimum Gasteiger partial charge on any atom is -0.488 e. The van der Waals surface area contributed by atoms with Gasteiger partial charge >= 0.3 is 0 Å². The first-order valence-electron chi connectivity index (χ1n) is 10.7. The Hall–Kier alpha value is -2.17. The number of hydrogen-bond donors (Lipinski definition) is 3. The lowest BCUT2D eigenvalue weighted by molar-refractivity contribution is 0.154. The van der Waals surface area contributed by atoms with Crippen LogP contribution in [-0.4, -0.2) is 29.6 Å². The summed E-state index contributed by atoms with van der Waals surface area (Å²) in [4.78, 5) is 1.36. The first kappa shape index (κ1) is 21.1. The number of thioether (sulfide) groups is 1. The number of ether oxygens (including phenoxy) is 1. The number of hydrogen-bond acceptors (Lipinski definition) is 5. The van der Waals surface area contributed by atoms with Gasteiger partial charge in [-0.25, -0.2) is 0 Å². The van der Waals surface area contributed by atoms with E-state index >= 15 is 0 Å². The molecule has 5 heteroatoms. The standard InChI is InChI=1S/C25H30N2O2S/c1-16(2)29-23-11-7-17(6-9-21(23)26)24-12-13-25(30-24)20-5-3-4-19-18(20)8-10-22(19)27-14-15-28/h3-7,11,13,16,22,24,27-28H,8,10,12,14-15,26H2,1-2H3. The van der Waals surface area contributed by atoms with Crippen LogP contribution in [0.5, 0.6) is 0 Å². The number of nitrogens with one attached hydrogen (secondary N) is 1. The van der Waals surface area contributed by atoms with Crippen LogP contribution in [-0.2, 0) is 11.2 Å². The van der Waals surface area contributed by atoms with Crippen LogP contribution < -0.4 is 11.1 Å². The lowest BCUT2D eigenvalue weighted by Gasteiger charge is -2.15. The van der Waals surface area contributed by atoms with Crippen LogP contribution in [0.25, 0.3) is 4.91 Å². The van der Waals surface area contributed by atoms with Crippen LogP contribution in [0, 0.1) is 0 Å². The zero-order valence-electron chi connectivity index (χ0n) is 17.7. The number of aliphatic hydroxyl groups excluding tert-OH is 1. The minimum absolute atomic E-state index is 0.0801. The van der Waals surface area contributed by atoms with E-state index in [1.807, 2.05) is 37.8 Å². The number of benzene rings is 1. The summed E-state index contributed by atoms with van der Waals surface area (Å²) in [6.45, 7) is 4.81. The molecule has 4 N–H and O–H groups in total. The predicted molar refractivity (Wildman–Crippen MR) is 125 cm³/mol.